The molecule has 2 nitrogen and oxygen atoms in total. The number of hydrogen-bond donors (Lipinski definition) is 0. The molecule has 0 unspecified atom stereocenters. The van der Waals surface area contributed by atoms with E-state index in [1.165, 1.54) is 71.0 Å². The summed E-state index contributed by atoms with van der Waals surface area (Å²) in [7, 11) is 2.31. The molecule has 114 valence electrons. The molecular formula is C16H37BN2. The van der Waals surface area contributed by atoms with Gasteiger partial charge in [0, 0.05) is 0 Å². The van der Waals surface area contributed by atoms with E-state index in [9.17, 15) is 0 Å². The summed E-state index contributed by atoms with van der Waals surface area (Å²) in [5, 5.41) is 0. The predicted molar refractivity (Wildman–Crippen MR) is 90.7 cm³/mol. The number of rotatable bonds is 13. The third-order valence-corrected chi connectivity index (χ3v) is 3.70. The molecule has 0 aromatic carbocycles. The second-order valence-corrected chi connectivity index (χ2v) is 5.69. The largest absolute Gasteiger partial charge is 0.288 e. The van der Waals surface area contributed by atoms with Gasteiger partial charge in [-0.1, -0.05) is 40.4 Å². The summed E-state index contributed by atoms with van der Waals surface area (Å²) in [6.07, 6.45) is 9.79. The lowest BCUT2D eigenvalue weighted by molar-refractivity contribution is 0.0343. The van der Waals surface area contributed by atoms with E-state index in [1.807, 2.05) is 0 Å². The smallest absolute Gasteiger partial charge is 0.101 e. The first-order chi connectivity index (χ1) is 9.24. The summed E-state index contributed by atoms with van der Waals surface area (Å²) in [5.41, 5.74) is 0. The third-order valence-electron chi connectivity index (χ3n) is 3.70. The van der Waals surface area contributed by atoms with Gasteiger partial charge in [0.2, 0.25) is 0 Å². The van der Waals surface area contributed by atoms with Crippen LogP contribution in [0, 0.1) is 0 Å². The van der Waals surface area contributed by atoms with Crippen molar-refractivity contribution >= 4 is 7.85 Å². The first kappa shape index (κ1) is 19.0. The molecule has 0 bridgehead atoms. The topological polar surface area (TPSA) is 6.48 Å². The molecule has 0 aliphatic carbocycles. The van der Waals surface area contributed by atoms with E-state index in [-0.39, 0.29) is 0 Å². The molecule has 0 saturated carbocycles. The molecule has 0 aromatic heterocycles. The van der Waals surface area contributed by atoms with Crippen LogP contribution in [-0.2, 0) is 0 Å². The molecule has 0 atom stereocenters. The summed E-state index contributed by atoms with van der Waals surface area (Å²) in [4.78, 5) is 5.47. The minimum absolute atomic E-state index is 0.680. The standard InChI is InChI=1S/C16H37BN2/c1-5-12-18(13-6-2)16(10-9-11-17)19(14-7-3)15-8-4/h16H,5-15,17H2,1-4H3. The van der Waals surface area contributed by atoms with Crippen LogP contribution in [0.5, 0.6) is 0 Å². The summed E-state index contributed by atoms with van der Waals surface area (Å²) < 4.78 is 0. The van der Waals surface area contributed by atoms with Gasteiger partial charge < -0.3 is 0 Å². The zero-order valence-electron chi connectivity index (χ0n) is 14.2. The predicted octanol–water partition coefficient (Wildman–Crippen LogP) is 3.39. The van der Waals surface area contributed by atoms with Crippen LogP contribution in [0.3, 0.4) is 0 Å². The lowest BCUT2D eigenvalue weighted by atomic mass is 9.98. The maximum atomic E-state index is 2.74. The Morgan fingerprint density at radius 1 is 0.737 bits per heavy atom. The molecule has 0 fully saturated rings. The van der Waals surface area contributed by atoms with E-state index in [2.05, 4.69) is 45.3 Å². The maximum Gasteiger partial charge on any atom is 0.101 e. The Morgan fingerprint density at radius 2 is 1.11 bits per heavy atom. The minimum Gasteiger partial charge on any atom is -0.288 e. The van der Waals surface area contributed by atoms with Crippen molar-refractivity contribution in [1.29, 1.82) is 0 Å². The lowest BCUT2D eigenvalue weighted by Gasteiger charge is -2.40. The van der Waals surface area contributed by atoms with Crippen LogP contribution in [0.15, 0.2) is 0 Å². The second kappa shape index (κ2) is 13.0. The zero-order valence-corrected chi connectivity index (χ0v) is 14.2. The Bertz CT molecular complexity index is 160. The molecule has 0 heterocycles. The normalized spacial score (nSPS) is 11.9. The Balaban J connectivity index is 4.76. The van der Waals surface area contributed by atoms with Crippen LogP contribution < -0.4 is 0 Å². The van der Waals surface area contributed by atoms with E-state index < -0.39 is 0 Å². The van der Waals surface area contributed by atoms with Gasteiger partial charge >= 0.3 is 0 Å². The van der Waals surface area contributed by atoms with Gasteiger partial charge in [-0.3, -0.25) is 9.80 Å². The van der Waals surface area contributed by atoms with Gasteiger partial charge in [-0.25, -0.2) is 0 Å². The van der Waals surface area contributed by atoms with Gasteiger partial charge in [0.25, 0.3) is 0 Å². The fourth-order valence-electron chi connectivity index (χ4n) is 2.95. The SMILES string of the molecule is BCCCC(N(CCC)CCC)N(CCC)CCC. The fourth-order valence-corrected chi connectivity index (χ4v) is 2.95. The van der Waals surface area contributed by atoms with Gasteiger partial charge in [0.15, 0.2) is 0 Å². The Hall–Kier alpha value is -0.0151. The van der Waals surface area contributed by atoms with Gasteiger partial charge in [0.1, 0.15) is 7.85 Å². The highest BCUT2D eigenvalue weighted by atomic mass is 15.3. The number of nitrogens with zero attached hydrogens (tertiary/aromatic N) is 2. The van der Waals surface area contributed by atoms with Crippen molar-refractivity contribution in [2.75, 3.05) is 26.2 Å². The maximum absolute atomic E-state index is 2.74. The van der Waals surface area contributed by atoms with Crippen LogP contribution in [0.25, 0.3) is 0 Å². The molecule has 0 amide bonds. The highest BCUT2D eigenvalue weighted by Crippen LogP contribution is 2.16. The monoisotopic (exact) mass is 268 g/mol. The van der Waals surface area contributed by atoms with Crippen LogP contribution in [0.4, 0.5) is 0 Å². The van der Waals surface area contributed by atoms with Gasteiger partial charge in [0.05, 0.1) is 6.17 Å². The van der Waals surface area contributed by atoms with Crippen molar-refractivity contribution < 1.29 is 0 Å². The average molecular weight is 268 g/mol. The third kappa shape index (κ3) is 7.99. The van der Waals surface area contributed by atoms with Crippen LogP contribution in [-0.4, -0.2) is 50.0 Å². The van der Waals surface area contributed by atoms with E-state index in [1.54, 1.807) is 0 Å². The van der Waals surface area contributed by atoms with E-state index in [0.717, 1.165) is 0 Å². The highest BCUT2D eigenvalue weighted by Gasteiger charge is 2.22. The molecule has 0 spiro atoms. The number of hydrogen-bond acceptors (Lipinski definition) is 2. The molecule has 0 saturated heterocycles. The lowest BCUT2D eigenvalue weighted by Crippen LogP contribution is -2.49. The van der Waals surface area contributed by atoms with Gasteiger partial charge in [-0.2, -0.15) is 0 Å². The van der Waals surface area contributed by atoms with Gasteiger partial charge in [-0.05, 0) is 58.3 Å². The fraction of sp³-hybridized carbons (Fsp3) is 1.00. The van der Waals surface area contributed by atoms with Crippen molar-refractivity contribution in [2.24, 2.45) is 0 Å². The van der Waals surface area contributed by atoms with Crippen molar-refractivity contribution in [2.45, 2.75) is 78.7 Å². The summed E-state index contributed by atoms with van der Waals surface area (Å²) >= 11 is 0. The molecule has 0 aromatic rings. The molecule has 0 aliphatic heterocycles. The van der Waals surface area contributed by atoms with E-state index in [0.29, 0.717) is 6.17 Å². The summed E-state index contributed by atoms with van der Waals surface area (Å²) in [6, 6.07) is 0. The van der Waals surface area contributed by atoms with Crippen LogP contribution in [0.2, 0.25) is 6.32 Å². The average Bonchev–Trinajstić information content (AvgIpc) is 2.40. The van der Waals surface area contributed by atoms with E-state index >= 15 is 0 Å². The van der Waals surface area contributed by atoms with Crippen molar-refractivity contribution in [1.82, 2.24) is 9.80 Å². The van der Waals surface area contributed by atoms with Gasteiger partial charge in [-0.15, -0.1) is 0 Å². The Morgan fingerprint density at radius 3 is 1.37 bits per heavy atom. The first-order valence-electron chi connectivity index (χ1n) is 8.73. The second-order valence-electron chi connectivity index (χ2n) is 5.69. The molecule has 0 N–H and O–H groups in total. The Labute approximate surface area is 123 Å². The summed E-state index contributed by atoms with van der Waals surface area (Å²) in [5.74, 6) is 0. The zero-order chi connectivity index (χ0) is 14.5. The molecule has 0 aliphatic rings. The summed E-state index contributed by atoms with van der Waals surface area (Å²) in [6.45, 7) is 14.3. The molecular weight excluding hydrogens is 231 g/mol. The van der Waals surface area contributed by atoms with E-state index in [4.69, 9.17) is 0 Å². The molecule has 0 radical (unpaired) electrons. The molecule has 0 rings (SSSR count). The van der Waals surface area contributed by atoms with Crippen molar-refractivity contribution in [3.05, 3.63) is 0 Å². The van der Waals surface area contributed by atoms with Crippen molar-refractivity contribution in [3.8, 4) is 0 Å². The quantitative estimate of drug-likeness (QED) is 0.373. The Kier molecular flexibility index (Phi) is 13.0. The molecule has 3 heteroatoms. The van der Waals surface area contributed by atoms with Crippen molar-refractivity contribution in [3.63, 3.8) is 0 Å². The molecule has 19 heavy (non-hydrogen) atoms. The minimum atomic E-state index is 0.680. The van der Waals surface area contributed by atoms with Crippen LogP contribution in [0.1, 0.15) is 66.2 Å². The highest BCUT2D eigenvalue weighted by molar-refractivity contribution is 6.08. The van der Waals surface area contributed by atoms with Crippen LogP contribution >= 0.6 is 0 Å². The first-order valence-corrected chi connectivity index (χ1v) is 8.73.